The van der Waals surface area contributed by atoms with Crippen molar-refractivity contribution in [1.82, 2.24) is 0 Å². The van der Waals surface area contributed by atoms with Crippen LogP contribution in [0.3, 0.4) is 0 Å². The van der Waals surface area contributed by atoms with Crippen molar-refractivity contribution in [2.45, 2.75) is 5.60 Å². The predicted molar refractivity (Wildman–Crippen MR) is 78.9 cm³/mol. The number of ether oxygens (including phenoxy) is 1. The minimum atomic E-state index is -0.0922. The topological polar surface area (TPSA) is 12.5 Å². The fourth-order valence-corrected chi connectivity index (χ4v) is 3.18. The monoisotopic (exact) mass is 244 g/mol. The minimum Gasteiger partial charge on any atom is -0.361 e. The first-order valence-electron chi connectivity index (χ1n) is 6.65. The van der Waals surface area contributed by atoms with Crippen LogP contribution in [0.25, 0.3) is 35.1 Å². The van der Waals surface area contributed by atoms with E-state index in [-0.39, 0.29) is 5.60 Å². The van der Waals surface area contributed by atoms with E-state index < -0.39 is 0 Å². The Morgan fingerprint density at radius 1 is 0.895 bits per heavy atom. The van der Waals surface area contributed by atoms with Crippen LogP contribution in [0.5, 0.6) is 0 Å². The summed E-state index contributed by atoms with van der Waals surface area (Å²) in [7, 11) is 0. The number of rotatable bonds is 0. The van der Waals surface area contributed by atoms with Gasteiger partial charge in [0.25, 0.3) is 0 Å². The van der Waals surface area contributed by atoms with Gasteiger partial charge >= 0.3 is 0 Å². The predicted octanol–water partition coefficient (Wildman–Crippen LogP) is 2.22. The summed E-state index contributed by atoms with van der Waals surface area (Å²) in [5.74, 6) is 0. The molecule has 0 unspecified atom stereocenters. The minimum absolute atomic E-state index is 0.0922. The Morgan fingerprint density at radius 3 is 2.42 bits per heavy atom. The summed E-state index contributed by atoms with van der Waals surface area (Å²) in [4.78, 5) is 0. The molecule has 2 aromatic carbocycles. The second-order valence-electron chi connectivity index (χ2n) is 5.48. The molecule has 1 atom stereocenters. The molecular weight excluding hydrogens is 232 g/mol. The Kier molecular flexibility index (Phi) is 1.57. The zero-order valence-corrected chi connectivity index (χ0v) is 10.4. The van der Waals surface area contributed by atoms with E-state index in [0.717, 1.165) is 6.61 Å². The molecule has 90 valence electrons. The highest BCUT2D eigenvalue weighted by Gasteiger charge is 2.40. The van der Waals surface area contributed by atoms with E-state index in [4.69, 9.17) is 4.74 Å². The standard InChI is InChI=1S/C18H12O/c1-2-12-4-6-17-15-8-9-18(11-19-18)10-13(15)5-7-16(17)14(12)3-1/h1-10H,11H2/t18-/m0/s1. The van der Waals surface area contributed by atoms with E-state index in [1.807, 2.05) is 0 Å². The normalized spacial score (nSPS) is 25.1. The van der Waals surface area contributed by atoms with Crippen LogP contribution in [-0.2, 0) is 4.74 Å². The van der Waals surface area contributed by atoms with E-state index >= 15 is 0 Å². The number of hydrogen-bond donors (Lipinski definition) is 0. The van der Waals surface area contributed by atoms with Gasteiger partial charge < -0.3 is 4.74 Å². The smallest absolute Gasteiger partial charge is 0.129 e. The van der Waals surface area contributed by atoms with Gasteiger partial charge in [-0.25, -0.2) is 0 Å². The van der Waals surface area contributed by atoms with Gasteiger partial charge in [0.05, 0.1) is 6.61 Å². The third-order valence-electron chi connectivity index (χ3n) is 4.30. The summed E-state index contributed by atoms with van der Waals surface area (Å²) in [6.45, 7) is 0.822. The molecule has 0 radical (unpaired) electrons. The molecule has 2 aromatic rings. The Balaban J connectivity index is 1.94. The third-order valence-corrected chi connectivity index (χ3v) is 4.30. The fraction of sp³-hybridized carbons (Fsp3) is 0.111. The maximum atomic E-state index is 5.52. The molecule has 1 spiro atoms. The molecule has 3 aliphatic rings. The molecule has 0 bridgehead atoms. The van der Waals surface area contributed by atoms with Crippen LogP contribution in [0.4, 0.5) is 0 Å². The van der Waals surface area contributed by atoms with Gasteiger partial charge in [-0.2, -0.15) is 0 Å². The first-order valence-corrected chi connectivity index (χ1v) is 6.65. The molecule has 0 saturated carbocycles. The Labute approximate surface area is 110 Å². The lowest BCUT2D eigenvalue weighted by Gasteiger charge is -2.12. The second-order valence-corrected chi connectivity index (χ2v) is 5.48. The number of benzene rings is 2. The van der Waals surface area contributed by atoms with Crippen molar-refractivity contribution in [1.29, 1.82) is 0 Å². The largest absolute Gasteiger partial charge is 0.361 e. The summed E-state index contributed by atoms with van der Waals surface area (Å²) in [6, 6.07) is 8.91. The number of hydrogen-bond acceptors (Lipinski definition) is 1. The Hall–Kier alpha value is -2.12. The lowest BCUT2D eigenvalue weighted by molar-refractivity contribution is 0.404. The van der Waals surface area contributed by atoms with Crippen molar-refractivity contribution in [2.75, 3.05) is 6.61 Å². The molecule has 2 aliphatic carbocycles. The highest BCUT2D eigenvalue weighted by molar-refractivity contribution is 5.99. The zero-order chi connectivity index (χ0) is 12.4. The summed E-state index contributed by atoms with van der Waals surface area (Å²) in [5, 5.41) is 5.28. The summed E-state index contributed by atoms with van der Waals surface area (Å²) in [6.07, 6.45) is 13.1. The number of fused-ring (bicyclic) bond motifs is 5. The van der Waals surface area contributed by atoms with Gasteiger partial charge in [-0.05, 0) is 44.5 Å². The summed E-state index contributed by atoms with van der Waals surface area (Å²) < 4.78 is 5.52. The van der Waals surface area contributed by atoms with Gasteiger partial charge in [0.1, 0.15) is 5.60 Å². The van der Waals surface area contributed by atoms with E-state index in [0.29, 0.717) is 0 Å². The lowest BCUT2D eigenvalue weighted by Crippen LogP contribution is -2.18. The fourth-order valence-electron chi connectivity index (χ4n) is 3.18. The first-order chi connectivity index (χ1) is 9.35. The average Bonchev–Trinajstić information content (AvgIpc) is 3.02. The van der Waals surface area contributed by atoms with E-state index in [1.165, 1.54) is 32.3 Å². The molecule has 0 aromatic heterocycles. The van der Waals surface area contributed by atoms with Gasteiger partial charge in [-0.3, -0.25) is 0 Å². The molecule has 1 nitrogen and oxygen atoms in total. The molecular formula is C18H12O. The van der Waals surface area contributed by atoms with Crippen molar-refractivity contribution in [3.63, 3.8) is 0 Å². The SMILES string of the molecule is C1=Cc2c(ccc3c4c(ccc23)=C[C@@]2(C=C4)CO2)=C1. The van der Waals surface area contributed by atoms with Crippen LogP contribution < -0.4 is 10.4 Å². The van der Waals surface area contributed by atoms with E-state index in [1.54, 1.807) is 0 Å². The first kappa shape index (κ1) is 9.76. The second kappa shape index (κ2) is 3.06. The van der Waals surface area contributed by atoms with Crippen LogP contribution in [-0.4, -0.2) is 12.2 Å². The van der Waals surface area contributed by atoms with E-state index in [9.17, 15) is 0 Å². The molecule has 19 heavy (non-hydrogen) atoms. The summed E-state index contributed by atoms with van der Waals surface area (Å²) in [5.41, 5.74) is 2.57. The van der Waals surface area contributed by atoms with Gasteiger partial charge in [0.15, 0.2) is 0 Å². The van der Waals surface area contributed by atoms with Crippen molar-refractivity contribution in [3.05, 3.63) is 58.0 Å². The average molecular weight is 244 g/mol. The Bertz CT molecular complexity index is 909. The molecule has 0 amide bonds. The molecule has 5 rings (SSSR count). The van der Waals surface area contributed by atoms with Crippen molar-refractivity contribution in [2.24, 2.45) is 0 Å². The van der Waals surface area contributed by atoms with Crippen LogP contribution in [0.2, 0.25) is 0 Å². The molecule has 1 fully saturated rings. The highest BCUT2D eigenvalue weighted by atomic mass is 16.6. The highest BCUT2D eigenvalue weighted by Crippen LogP contribution is 2.34. The van der Waals surface area contributed by atoms with E-state index in [2.05, 4.69) is 60.7 Å². The maximum Gasteiger partial charge on any atom is 0.129 e. The van der Waals surface area contributed by atoms with Crippen molar-refractivity contribution in [3.8, 4) is 0 Å². The lowest BCUT2D eigenvalue weighted by atomic mass is 9.92. The molecule has 1 heteroatoms. The van der Waals surface area contributed by atoms with Gasteiger partial charge in [-0.1, -0.05) is 48.6 Å². The van der Waals surface area contributed by atoms with Crippen molar-refractivity contribution < 1.29 is 4.74 Å². The number of epoxide rings is 1. The maximum absolute atomic E-state index is 5.52. The molecule has 1 aliphatic heterocycles. The van der Waals surface area contributed by atoms with Gasteiger partial charge in [0, 0.05) is 0 Å². The van der Waals surface area contributed by atoms with Crippen LogP contribution in [0.15, 0.2) is 36.4 Å². The quantitative estimate of drug-likeness (QED) is 0.647. The Morgan fingerprint density at radius 2 is 1.63 bits per heavy atom. The summed E-state index contributed by atoms with van der Waals surface area (Å²) >= 11 is 0. The molecule has 1 saturated heterocycles. The molecule has 0 N–H and O–H groups in total. The van der Waals surface area contributed by atoms with Crippen molar-refractivity contribution >= 4 is 35.1 Å². The molecule has 1 heterocycles. The van der Waals surface area contributed by atoms with Crippen LogP contribution in [0.1, 0.15) is 11.1 Å². The number of allylic oxidation sites excluding steroid dienone is 1. The van der Waals surface area contributed by atoms with Gasteiger partial charge in [-0.15, -0.1) is 0 Å². The van der Waals surface area contributed by atoms with Crippen LogP contribution in [0, 0.1) is 0 Å². The van der Waals surface area contributed by atoms with Gasteiger partial charge in [0.2, 0.25) is 0 Å². The zero-order valence-electron chi connectivity index (χ0n) is 10.4. The third kappa shape index (κ3) is 1.23. The van der Waals surface area contributed by atoms with Crippen LogP contribution >= 0.6 is 0 Å².